The number of carbonyl (C=O) groups excluding carboxylic acids is 1. The van der Waals surface area contributed by atoms with Crippen LogP contribution < -0.4 is 0 Å². The zero-order valence-corrected chi connectivity index (χ0v) is 16.5. The van der Waals surface area contributed by atoms with Crippen molar-refractivity contribution in [2.45, 2.75) is 58.3 Å². The minimum Gasteiger partial charge on any atom is -0.469 e. The Bertz CT molecular complexity index is 739. The summed E-state index contributed by atoms with van der Waals surface area (Å²) in [7, 11) is 0. The third kappa shape index (κ3) is 4.50. The van der Waals surface area contributed by atoms with Crippen molar-refractivity contribution < 1.29 is 18.4 Å². The Balaban J connectivity index is 1.54. The molecule has 1 fully saturated rings. The molecule has 7 heteroatoms. The Hall–Kier alpha value is -1.76. The summed E-state index contributed by atoms with van der Waals surface area (Å²) < 4.78 is 16.6. The summed E-state index contributed by atoms with van der Waals surface area (Å²) in [6.07, 6.45) is 4.88. The van der Waals surface area contributed by atoms with Crippen molar-refractivity contribution in [3.8, 4) is 11.5 Å². The molecule has 0 amide bonds. The molecule has 0 aliphatic heterocycles. The van der Waals surface area contributed by atoms with Crippen molar-refractivity contribution in [3.05, 3.63) is 18.1 Å². The van der Waals surface area contributed by atoms with Crippen LogP contribution in [0.3, 0.4) is 0 Å². The van der Waals surface area contributed by atoms with Crippen LogP contribution >= 0.6 is 11.8 Å². The van der Waals surface area contributed by atoms with Gasteiger partial charge in [-0.15, -0.1) is 10.2 Å². The number of esters is 1. The van der Waals surface area contributed by atoms with Gasteiger partial charge in [-0.1, -0.05) is 39.0 Å². The van der Waals surface area contributed by atoms with Crippen LogP contribution in [0.5, 0.6) is 0 Å². The van der Waals surface area contributed by atoms with Gasteiger partial charge in [0.1, 0.15) is 17.6 Å². The highest BCUT2D eigenvalue weighted by Crippen LogP contribution is 2.35. The number of aromatic nitrogens is 2. The predicted molar refractivity (Wildman–Crippen MR) is 98.7 cm³/mol. The molecule has 1 aliphatic carbocycles. The van der Waals surface area contributed by atoms with E-state index < -0.39 is 0 Å². The Kier molecular flexibility index (Phi) is 6.06. The van der Waals surface area contributed by atoms with E-state index >= 15 is 0 Å². The lowest BCUT2D eigenvalue weighted by molar-refractivity contribution is -0.152. The molecule has 0 bridgehead atoms. The molecule has 0 radical (unpaired) electrons. The topological polar surface area (TPSA) is 78.4 Å². The van der Waals surface area contributed by atoms with E-state index in [0.717, 1.165) is 24.2 Å². The van der Waals surface area contributed by atoms with E-state index in [9.17, 15) is 4.79 Å². The molecule has 2 aromatic rings. The summed E-state index contributed by atoms with van der Waals surface area (Å²) in [6.45, 7) is 8.46. The maximum atomic E-state index is 12.3. The maximum absolute atomic E-state index is 12.3. The molecule has 2 heterocycles. The second-order valence-electron chi connectivity index (χ2n) is 7.41. The zero-order valence-electron chi connectivity index (χ0n) is 15.7. The van der Waals surface area contributed by atoms with Crippen LogP contribution in [-0.4, -0.2) is 28.0 Å². The fourth-order valence-corrected chi connectivity index (χ4v) is 4.10. The van der Waals surface area contributed by atoms with E-state index in [-0.39, 0.29) is 17.8 Å². The SMILES string of the molecule is Cc1occc1-c1nnc(SCC(=O)O[C@@H]2C[C@H](C)CC[C@H]2C(C)C)o1. The normalized spacial score (nSPS) is 23.3. The molecule has 3 atom stereocenters. The van der Waals surface area contributed by atoms with Gasteiger partial charge >= 0.3 is 5.97 Å². The number of furan rings is 1. The quantitative estimate of drug-likeness (QED) is 0.531. The van der Waals surface area contributed by atoms with E-state index in [1.54, 1.807) is 12.3 Å². The number of hydrogen-bond donors (Lipinski definition) is 0. The molecule has 1 aliphatic rings. The maximum Gasteiger partial charge on any atom is 0.316 e. The van der Waals surface area contributed by atoms with Crippen LogP contribution in [-0.2, 0) is 9.53 Å². The number of aryl methyl sites for hydroxylation is 1. The smallest absolute Gasteiger partial charge is 0.316 e. The van der Waals surface area contributed by atoms with Gasteiger partial charge in [0.2, 0.25) is 0 Å². The summed E-state index contributed by atoms with van der Waals surface area (Å²) in [5.41, 5.74) is 0.767. The lowest BCUT2D eigenvalue weighted by Crippen LogP contribution is -2.36. The Morgan fingerprint density at radius 3 is 2.88 bits per heavy atom. The lowest BCUT2D eigenvalue weighted by Gasteiger charge is -2.36. The fourth-order valence-electron chi connectivity index (χ4n) is 3.56. The van der Waals surface area contributed by atoms with Gasteiger partial charge in [-0.05, 0) is 43.6 Å². The van der Waals surface area contributed by atoms with Crippen LogP contribution in [0, 0.1) is 24.7 Å². The molecule has 0 spiro atoms. The standard InChI is InChI=1S/C19H26N2O4S/c1-11(2)14-6-5-12(3)9-16(14)24-17(22)10-26-19-21-20-18(25-19)15-7-8-23-13(15)4/h7-8,11-12,14,16H,5-6,9-10H2,1-4H3/t12-,14+,16-/m1/s1. The summed E-state index contributed by atoms with van der Waals surface area (Å²) in [5, 5.41) is 8.35. The first-order valence-corrected chi connectivity index (χ1v) is 10.1. The highest BCUT2D eigenvalue weighted by atomic mass is 32.2. The van der Waals surface area contributed by atoms with Gasteiger partial charge in [-0.2, -0.15) is 0 Å². The van der Waals surface area contributed by atoms with Crippen molar-refractivity contribution in [1.29, 1.82) is 0 Å². The van der Waals surface area contributed by atoms with Crippen molar-refractivity contribution in [2.75, 3.05) is 5.75 Å². The molecule has 6 nitrogen and oxygen atoms in total. The minimum absolute atomic E-state index is 0.0127. The number of nitrogens with zero attached hydrogens (tertiary/aromatic N) is 2. The molecule has 26 heavy (non-hydrogen) atoms. The van der Waals surface area contributed by atoms with E-state index in [1.165, 1.54) is 18.2 Å². The van der Waals surface area contributed by atoms with Crippen LogP contribution in [0.1, 0.15) is 45.8 Å². The van der Waals surface area contributed by atoms with E-state index in [2.05, 4.69) is 31.0 Å². The molecule has 0 N–H and O–H groups in total. The molecule has 142 valence electrons. The van der Waals surface area contributed by atoms with Gasteiger partial charge < -0.3 is 13.6 Å². The van der Waals surface area contributed by atoms with Crippen LogP contribution in [0.25, 0.3) is 11.5 Å². The van der Waals surface area contributed by atoms with Crippen LogP contribution in [0.4, 0.5) is 0 Å². The summed E-state index contributed by atoms with van der Waals surface area (Å²) >= 11 is 1.21. The van der Waals surface area contributed by atoms with Crippen LogP contribution in [0.15, 0.2) is 26.4 Å². The lowest BCUT2D eigenvalue weighted by atomic mass is 9.75. The third-order valence-electron chi connectivity index (χ3n) is 5.05. The summed E-state index contributed by atoms with van der Waals surface area (Å²) in [4.78, 5) is 12.3. The van der Waals surface area contributed by atoms with E-state index in [1.807, 2.05) is 6.92 Å². The van der Waals surface area contributed by atoms with Gasteiger partial charge in [-0.25, -0.2) is 0 Å². The van der Waals surface area contributed by atoms with Gasteiger partial charge in [0, 0.05) is 0 Å². The van der Waals surface area contributed by atoms with Crippen molar-refractivity contribution in [1.82, 2.24) is 10.2 Å². The van der Waals surface area contributed by atoms with Crippen molar-refractivity contribution in [2.24, 2.45) is 17.8 Å². The number of thioether (sulfide) groups is 1. The molecular weight excluding hydrogens is 352 g/mol. The third-order valence-corrected chi connectivity index (χ3v) is 5.85. The zero-order chi connectivity index (χ0) is 18.7. The number of ether oxygens (including phenoxy) is 1. The fraction of sp³-hybridized carbons (Fsp3) is 0.632. The number of hydrogen-bond acceptors (Lipinski definition) is 7. The highest BCUT2D eigenvalue weighted by Gasteiger charge is 2.33. The largest absolute Gasteiger partial charge is 0.469 e. The monoisotopic (exact) mass is 378 g/mol. The minimum atomic E-state index is -0.223. The molecule has 2 aromatic heterocycles. The summed E-state index contributed by atoms with van der Waals surface area (Å²) in [6, 6.07) is 1.78. The van der Waals surface area contributed by atoms with Gasteiger partial charge in [-0.3, -0.25) is 4.79 Å². The van der Waals surface area contributed by atoms with Gasteiger partial charge in [0.25, 0.3) is 11.1 Å². The molecule has 0 saturated heterocycles. The summed E-state index contributed by atoms with van der Waals surface area (Å²) in [5.74, 6) is 2.63. The van der Waals surface area contributed by atoms with Crippen molar-refractivity contribution in [3.63, 3.8) is 0 Å². The van der Waals surface area contributed by atoms with Crippen LogP contribution in [0.2, 0.25) is 0 Å². The predicted octanol–water partition coefficient (Wildman–Crippen LogP) is 4.73. The molecule has 0 unspecified atom stereocenters. The van der Waals surface area contributed by atoms with Gasteiger partial charge in [0.05, 0.1) is 11.8 Å². The van der Waals surface area contributed by atoms with Gasteiger partial charge in [0.15, 0.2) is 0 Å². The Morgan fingerprint density at radius 2 is 2.19 bits per heavy atom. The molecular formula is C19H26N2O4S. The second-order valence-corrected chi connectivity index (χ2v) is 8.33. The number of rotatable bonds is 6. The first-order valence-electron chi connectivity index (χ1n) is 9.14. The van der Waals surface area contributed by atoms with Crippen molar-refractivity contribution >= 4 is 17.7 Å². The Labute approximate surface area is 158 Å². The molecule has 1 saturated carbocycles. The average Bonchev–Trinajstić information content (AvgIpc) is 3.21. The van der Waals surface area contributed by atoms with E-state index in [4.69, 9.17) is 13.6 Å². The highest BCUT2D eigenvalue weighted by molar-refractivity contribution is 7.99. The first-order chi connectivity index (χ1) is 12.4. The Morgan fingerprint density at radius 1 is 1.38 bits per heavy atom. The van der Waals surface area contributed by atoms with E-state index in [0.29, 0.717) is 28.9 Å². The molecule has 3 rings (SSSR count). The average molecular weight is 378 g/mol. The molecule has 0 aromatic carbocycles. The second kappa shape index (κ2) is 8.29. The number of carbonyl (C=O) groups is 1. The first kappa shape index (κ1) is 19.0.